The lowest BCUT2D eigenvalue weighted by molar-refractivity contribution is -0.169. The van der Waals surface area contributed by atoms with Crippen molar-refractivity contribution in [1.82, 2.24) is 9.97 Å². The average molecular weight is 368 g/mol. The summed E-state index contributed by atoms with van der Waals surface area (Å²) in [5.41, 5.74) is 2.37. The molecule has 2 aliphatic rings. The molecule has 2 saturated heterocycles. The summed E-state index contributed by atoms with van der Waals surface area (Å²) in [6.07, 6.45) is 1.74. The topological polar surface area (TPSA) is 59.5 Å². The van der Waals surface area contributed by atoms with E-state index in [1.165, 1.54) is 5.56 Å². The third-order valence-corrected chi connectivity index (χ3v) is 5.34. The summed E-state index contributed by atoms with van der Waals surface area (Å²) in [6, 6.07) is 10.6. The molecule has 0 saturated carbocycles. The molecule has 6 heteroatoms. The number of anilines is 3. The van der Waals surface area contributed by atoms with E-state index in [0.29, 0.717) is 19.1 Å². The first-order chi connectivity index (χ1) is 13.0. The molecule has 0 radical (unpaired) electrons. The van der Waals surface area contributed by atoms with E-state index in [1.54, 1.807) is 0 Å². The highest BCUT2D eigenvalue weighted by atomic mass is 16.7. The van der Waals surface area contributed by atoms with E-state index in [4.69, 9.17) is 9.47 Å². The molecule has 3 heterocycles. The van der Waals surface area contributed by atoms with Crippen LogP contribution >= 0.6 is 0 Å². The van der Waals surface area contributed by atoms with E-state index >= 15 is 0 Å². The molecule has 1 N–H and O–H groups in total. The summed E-state index contributed by atoms with van der Waals surface area (Å²) in [5.74, 6) is 2.71. The number of benzene rings is 1. The number of aromatic nitrogens is 2. The number of piperidine rings is 1. The Bertz CT molecular complexity index is 775. The van der Waals surface area contributed by atoms with Gasteiger partial charge in [0.25, 0.3) is 0 Å². The molecule has 1 aromatic carbocycles. The second kappa shape index (κ2) is 7.44. The van der Waals surface area contributed by atoms with Gasteiger partial charge in [-0.25, -0.2) is 9.97 Å². The Hall–Kier alpha value is -2.18. The number of hydrogen-bond acceptors (Lipinski definition) is 6. The van der Waals surface area contributed by atoms with Gasteiger partial charge in [0.1, 0.15) is 17.5 Å². The highest BCUT2D eigenvalue weighted by Crippen LogP contribution is 2.33. The van der Waals surface area contributed by atoms with Gasteiger partial charge in [0.05, 0.1) is 13.2 Å². The van der Waals surface area contributed by atoms with Gasteiger partial charge in [-0.1, -0.05) is 26.0 Å². The normalized spacial score (nSPS) is 19.0. The molecule has 0 atom stereocenters. The smallest absolute Gasteiger partial charge is 0.171 e. The van der Waals surface area contributed by atoms with Crippen molar-refractivity contribution in [1.29, 1.82) is 0 Å². The summed E-state index contributed by atoms with van der Waals surface area (Å²) in [4.78, 5) is 11.5. The Morgan fingerprint density at radius 2 is 1.70 bits per heavy atom. The standard InChI is InChI=1S/C21H28N4O2/c1-15(2)17-4-6-18(7-5-17)24-19-14-20(23-16(3)22-19)25-10-8-21(9-11-25)26-12-13-27-21/h4-7,14-15H,8-13H2,1-3H3,(H,22,23,24). The van der Waals surface area contributed by atoms with Gasteiger partial charge < -0.3 is 19.7 Å². The minimum absolute atomic E-state index is 0.363. The Kier molecular flexibility index (Phi) is 5.02. The summed E-state index contributed by atoms with van der Waals surface area (Å²) >= 11 is 0. The second-order valence-electron chi connectivity index (χ2n) is 7.65. The third kappa shape index (κ3) is 4.06. The van der Waals surface area contributed by atoms with Crippen LogP contribution in [-0.4, -0.2) is 42.1 Å². The minimum atomic E-state index is -0.363. The molecule has 1 spiro atoms. The number of aryl methyl sites for hydroxylation is 1. The lowest BCUT2D eigenvalue weighted by atomic mass is 10.0. The first-order valence-electron chi connectivity index (χ1n) is 9.79. The zero-order valence-electron chi connectivity index (χ0n) is 16.4. The molecule has 27 heavy (non-hydrogen) atoms. The fourth-order valence-corrected chi connectivity index (χ4v) is 3.74. The summed E-state index contributed by atoms with van der Waals surface area (Å²) in [5, 5.41) is 3.41. The van der Waals surface area contributed by atoms with Crippen LogP contribution in [0.3, 0.4) is 0 Å². The molecule has 2 aromatic rings. The highest BCUT2D eigenvalue weighted by molar-refractivity contribution is 5.60. The van der Waals surface area contributed by atoms with E-state index in [-0.39, 0.29) is 5.79 Å². The maximum Gasteiger partial charge on any atom is 0.171 e. The van der Waals surface area contributed by atoms with Crippen LogP contribution in [-0.2, 0) is 9.47 Å². The minimum Gasteiger partial charge on any atom is -0.356 e. The summed E-state index contributed by atoms with van der Waals surface area (Å²) in [6.45, 7) is 9.50. The van der Waals surface area contributed by atoms with Crippen molar-refractivity contribution >= 4 is 17.3 Å². The molecule has 0 aliphatic carbocycles. The Morgan fingerprint density at radius 3 is 2.33 bits per heavy atom. The van der Waals surface area contributed by atoms with Crippen molar-refractivity contribution in [3.63, 3.8) is 0 Å². The first-order valence-corrected chi connectivity index (χ1v) is 9.79. The molecule has 6 nitrogen and oxygen atoms in total. The van der Waals surface area contributed by atoms with Crippen molar-refractivity contribution in [2.75, 3.05) is 36.5 Å². The largest absolute Gasteiger partial charge is 0.356 e. The number of nitrogens with one attached hydrogen (secondary N) is 1. The van der Waals surface area contributed by atoms with E-state index in [1.807, 2.05) is 13.0 Å². The maximum absolute atomic E-state index is 5.82. The van der Waals surface area contributed by atoms with E-state index < -0.39 is 0 Å². The van der Waals surface area contributed by atoms with Crippen molar-refractivity contribution in [3.05, 3.63) is 41.7 Å². The molecule has 0 amide bonds. The van der Waals surface area contributed by atoms with Crippen LogP contribution in [0.5, 0.6) is 0 Å². The molecule has 0 unspecified atom stereocenters. The maximum atomic E-state index is 5.82. The van der Waals surface area contributed by atoms with Gasteiger partial charge in [-0.15, -0.1) is 0 Å². The van der Waals surface area contributed by atoms with Gasteiger partial charge in [-0.2, -0.15) is 0 Å². The van der Waals surface area contributed by atoms with Gasteiger partial charge in [-0.05, 0) is 30.5 Å². The number of ether oxygens (including phenoxy) is 2. The van der Waals surface area contributed by atoms with Gasteiger partial charge in [-0.3, -0.25) is 0 Å². The van der Waals surface area contributed by atoms with E-state index in [2.05, 4.69) is 58.3 Å². The monoisotopic (exact) mass is 368 g/mol. The Labute approximate surface area is 160 Å². The van der Waals surface area contributed by atoms with Crippen molar-refractivity contribution < 1.29 is 9.47 Å². The number of nitrogens with zero attached hydrogens (tertiary/aromatic N) is 3. The number of hydrogen-bond donors (Lipinski definition) is 1. The third-order valence-electron chi connectivity index (χ3n) is 5.34. The molecular weight excluding hydrogens is 340 g/mol. The lowest BCUT2D eigenvalue weighted by Gasteiger charge is -2.38. The van der Waals surface area contributed by atoms with Gasteiger partial charge in [0, 0.05) is 37.7 Å². The highest BCUT2D eigenvalue weighted by Gasteiger charge is 2.40. The molecule has 2 aliphatic heterocycles. The van der Waals surface area contributed by atoms with E-state index in [0.717, 1.165) is 49.1 Å². The summed E-state index contributed by atoms with van der Waals surface area (Å²) < 4.78 is 11.6. The predicted molar refractivity (Wildman–Crippen MR) is 107 cm³/mol. The van der Waals surface area contributed by atoms with Crippen molar-refractivity contribution in [2.24, 2.45) is 0 Å². The van der Waals surface area contributed by atoms with Crippen LogP contribution in [0, 0.1) is 6.92 Å². The first kappa shape index (κ1) is 18.2. The Morgan fingerprint density at radius 1 is 1.04 bits per heavy atom. The zero-order valence-corrected chi connectivity index (χ0v) is 16.4. The van der Waals surface area contributed by atoms with Gasteiger partial charge in [0.15, 0.2) is 5.79 Å². The molecule has 0 bridgehead atoms. The number of rotatable bonds is 4. The zero-order chi connectivity index (χ0) is 18.9. The van der Waals surface area contributed by atoms with Crippen LogP contribution in [0.2, 0.25) is 0 Å². The predicted octanol–water partition coefficient (Wildman–Crippen LogP) is 4.00. The fraction of sp³-hybridized carbons (Fsp3) is 0.524. The summed E-state index contributed by atoms with van der Waals surface area (Å²) in [7, 11) is 0. The van der Waals surface area contributed by atoms with Crippen LogP contribution in [0.4, 0.5) is 17.3 Å². The van der Waals surface area contributed by atoms with E-state index in [9.17, 15) is 0 Å². The molecular formula is C21H28N4O2. The fourth-order valence-electron chi connectivity index (χ4n) is 3.74. The van der Waals surface area contributed by atoms with Crippen molar-refractivity contribution in [2.45, 2.75) is 45.3 Å². The van der Waals surface area contributed by atoms with Crippen LogP contribution in [0.1, 0.15) is 44.0 Å². The van der Waals surface area contributed by atoms with Crippen LogP contribution in [0.15, 0.2) is 30.3 Å². The average Bonchev–Trinajstić information content (AvgIpc) is 3.10. The van der Waals surface area contributed by atoms with Crippen molar-refractivity contribution in [3.8, 4) is 0 Å². The van der Waals surface area contributed by atoms with Crippen LogP contribution < -0.4 is 10.2 Å². The molecule has 1 aromatic heterocycles. The SMILES string of the molecule is Cc1nc(Nc2ccc(C(C)C)cc2)cc(N2CCC3(CC2)OCCO3)n1. The quantitative estimate of drug-likeness (QED) is 0.880. The van der Waals surface area contributed by atoms with Gasteiger partial charge >= 0.3 is 0 Å². The second-order valence-corrected chi connectivity index (χ2v) is 7.65. The lowest BCUT2D eigenvalue weighted by Crippen LogP contribution is -2.45. The Balaban J connectivity index is 1.46. The molecule has 2 fully saturated rings. The molecule has 4 rings (SSSR count). The molecule has 144 valence electrons. The van der Waals surface area contributed by atoms with Gasteiger partial charge in [0.2, 0.25) is 0 Å². The van der Waals surface area contributed by atoms with Crippen LogP contribution in [0.25, 0.3) is 0 Å².